The van der Waals surface area contributed by atoms with Gasteiger partial charge in [-0.25, -0.2) is 0 Å². The smallest absolute Gasteiger partial charge is 0.169 e. The number of benzene rings is 2. The Hall–Kier alpha value is -2.62. The zero-order chi connectivity index (χ0) is 18.3. The van der Waals surface area contributed by atoms with E-state index in [4.69, 9.17) is 18.9 Å². The summed E-state index contributed by atoms with van der Waals surface area (Å²) >= 11 is 0. The van der Waals surface area contributed by atoms with E-state index in [1.54, 1.807) is 0 Å². The van der Waals surface area contributed by atoms with Crippen LogP contribution in [-0.2, 0) is 18.9 Å². The fourth-order valence-corrected chi connectivity index (χ4v) is 3.89. The first-order valence-electron chi connectivity index (χ1n) is 9.37. The van der Waals surface area contributed by atoms with Crippen molar-refractivity contribution in [2.45, 2.75) is 27.7 Å². The molecule has 136 valence electrons. The van der Waals surface area contributed by atoms with Gasteiger partial charge in [0.1, 0.15) is 0 Å². The molecule has 2 aromatic carbocycles. The quantitative estimate of drug-likeness (QED) is 0.649. The molecule has 0 saturated carbocycles. The molecule has 0 spiro atoms. The molecule has 0 radical (unpaired) electrons. The maximum Gasteiger partial charge on any atom is 0.169 e. The molecule has 2 aliphatic rings. The number of ether oxygens (including phenoxy) is 4. The van der Waals surface area contributed by atoms with E-state index in [1.165, 1.54) is 10.8 Å². The van der Waals surface area contributed by atoms with Crippen molar-refractivity contribution in [3.8, 4) is 0 Å². The third-order valence-electron chi connectivity index (χ3n) is 4.71. The second-order valence-corrected chi connectivity index (χ2v) is 6.12. The third-order valence-corrected chi connectivity index (χ3v) is 4.71. The molecule has 26 heavy (non-hydrogen) atoms. The minimum Gasteiger partial charge on any atom is -0.489 e. The molecule has 2 aromatic rings. The molecule has 4 nitrogen and oxygen atoms in total. The first-order chi connectivity index (χ1) is 12.8. The lowest BCUT2D eigenvalue weighted by atomic mass is 9.98. The van der Waals surface area contributed by atoms with Gasteiger partial charge in [0.15, 0.2) is 23.0 Å². The van der Waals surface area contributed by atoms with Crippen LogP contribution in [0.1, 0.15) is 49.9 Å². The predicted molar refractivity (Wildman–Crippen MR) is 104 cm³/mol. The molecule has 0 unspecified atom stereocenters. The highest BCUT2D eigenvalue weighted by molar-refractivity contribution is 6.19. The molecule has 4 heteroatoms. The Morgan fingerprint density at radius 3 is 0.885 bits per heavy atom. The van der Waals surface area contributed by atoms with Gasteiger partial charge < -0.3 is 18.9 Å². The molecule has 0 heterocycles. The van der Waals surface area contributed by atoms with E-state index in [9.17, 15) is 0 Å². The summed E-state index contributed by atoms with van der Waals surface area (Å²) in [6.45, 7) is 10.4. The van der Waals surface area contributed by atoms with Gasteiger partial charge in [-0.3, -0.25) is 0 Å². The summed E-state index contributed by atoms with van der Waals surface area (Å²) in [6.07, 6.45) is 0. The lowest BCUT2D eigenvalue weighted by Crippen LogP contribution is -1.96. The highest BCUT2D eigenvalue weighted by Gasteiger charge is 2.34. The van der Waals surface area contributed by atoms with Crippen molar-refractivity contribution in [1.29, 1.82) is 0 Å². The molecule has 0 saturated heterocycles. The molecule has 0 bridgehead atoms. The first kappa shape index (κ1) is 16.8. The van der Waals surface area contributed by atoms with Crippen LogP contribution in [-0.4, -0.2) is 26.4 Å². The second kappa shape index (κ2) is 6.60. The Labute approximate surface area is 154 Å². The maximum atomic E-state index is 5.97. The number of rotatable bonds is 8. The van der Waals surface area contributed by atoms with E-state index in [0.717, 1.165) is 45.3 Å². The molecule has 4 rings (SSSR count). The van der Waals surface area contributed by atoms with Crippen molar-refractivity contribution >= 4 is 33.8 Å². The van der Waals surface area contributed by atoms with Crippen LogP contribution in [0.15, 0.2) is 24.3 Å². The Morgan fingerprint density at radius 2 is 0.692 bits per heavy atom. The van der Waals surface area contributed by atoms with Crippen LogP contribution in [0.4, 0.5) is 0 Å². The molecule has 0 atom stereocenters. The van der Waals surface area contributed by atoms with E-state index in [2.05, 4.69) is 24.3 Å². The Balaban J connectivity index is 1.98. The van der Waals surface area contributed by atoms with Crippen molar-refractivity contribution in [2.24, 2.45) is 0 Å². The van der Waals surface area contributed by atoms with Gasteiger partial charge >= 0.3 is 0 Å². The molecule has 0 aromatic heterocycles. The van der Waals surface area contributed by atoms with Crippen LogP contribution in [0.5, 0.6) is 0 Å². The van der Waals surface area contributed by atoms with Crippen molar-refractivity contribution in [3.05, 3.63) is 46.5 Å². The summed E-state index contributed by atoms with van der Waals surface area (Å²) < 4.78 is 23.9. The van der Waals surface area contributed by atoms with Crippen LogP contribution in [0.2, 0.25) is 0 Å². The summed E-state index contributed by atoms with van der Waals surface area (Å²) in [5, 5.41) is 2.33. The normalized spacial score (nSPS) is 14.5. The predicted octanol–water partition coefficient (Wildman–Crippen LogP) is 5.26. The van der Waals surface area contributed by atoms with E-state index >= 15 is 0 Å². The van der Waals surface area contributed by atoms with Crippen molar-refractivity contribution in [3.63, 3.8) is 0 Å². The standard InChI is InChI=1S/C22H24O4/c1-5-23-19-13-9-10-15-18-16(22(26-8-4)21(15)25-7-3)12-11-14(17(13)18)20(19)24-6-2/h9-12H,5-8H2,1-4H3. The Morgan fingerprint density at radius 1 is 0.462 bits per heavy atom. The SMILES string of the molecule is CCOC1=C(OCC)c2ccc3c4c(ccc1c24)C(OCC)=C3OCC. The Kier molecular flexibility index (Phi) is 4.27. The fraction of sp³-hybridized carbons (Fsp3) is 0.364. The van der Waals surface area contributed by atoms with E-state index in [1.807, 2.05) is 27.7 Å². The molecular formula is C22H24O4. The summed E-state index contributed by atoms with van der Waals surface area (Å²) in [5.74, 6) is 3.32. The largest absolute Gasteiger partial charge is 0.489 e. The summed E-state index contributed by atoms with van der Waals surface area (Å²) in [7, 11) is 0. The van der Waals surface area contributed by atoms with Crippen LogP contribution < -0.4 is 0 Å². The zero-order valence-corrected chi connectivity index (χ0v) is 15.8. The lowest BCUT2D eigenvalue weighted by Gasteiger charge is -2.11. The highest BCUT2D eigenvalue weighted by atomic mass is 16.5. The molecular weight excluding hydrogens is 328 g/mol. The average molecular weight is 352 g/mol. The van der Waals surface area contributed by atoms with E-state index < -0.39 is 0 Å². The highest BCUT2D eigenvalue weighted by Crippen LogP contribution is 2.51. The van der Waals surface area contributed by atoms with Crippen LogP contribution in [0.3, 0.4) is 0 Å². The fourth-order valence-electron chi connectivity index (χ4n) is 3.89. The molecule has 0 aliphatic heterocycles. The molecule has 2 aliphatic carbocycles. The number of hydrogen-bond acceptors (Lipinski definition) is 4. The van der Waals surface area contributed by atoms with Crippen LogP contribution in [0.25, 0.3) is 33.8 Å². The van der Waals surface area contributed by atoms with Gasteiger partial charge in [-0.15, -0.1) is 0 Å². The Bertz CT molecular complexity index is 790. The van der Waals surface area contributed by atoms with E-state index in [-0.39, 0.29) is 0 Å². The van der Waals surface area contributed by atoms with Gasteiger partial charge in [0.05, 0.1) is 26.4 Å². The summed E-state index contributed by atoms with van der Waals surface area (Å²) in [5.41, 5.74) is 4.33. The topological polar surface area (TPSA) is 36.9 Å². The first-order valence-corrected chi connectivity index (χ1v) is 9.37. The minimum atomic E-state index is 0.600. The van der Waals surface area contributed by atoms with Crippen molar-refractivity contribution in [1.82, 2.24) is 0 Å². The minimum absolute atomic E-state index is 0.600. The average Bonchev–Trinajstić information content (AvgIpc) is 3.10. The van der Waals surface area contributed by atoms with Gasteiger partial charge in [-0.2, -0.15) is 0 Å². The van der Waals surface area contributed by atoms with E-state index in [0.29, 0.717) is 26.4 Å². The summed E-state index contributed by atoms with van der Waals surface area (Å²) in [4.78, 5) is 0. The lowest BCUT2D eigenvalue weighted by molar-refractivity contribution is 0.263. The van der Waals surface area contributed by atoms with Gasteiger partial charge in [0, 0.05) is 33.0 Å². The molecule has 0 fully saturated rings. The van der Waals surface area contributed by atoms with Crippen molar-refractivity contribution in [2.75, 3.05) is 26.4 Å². The van der Waals surface area contributed by atoms with Gasteiger partial charge in [-0.05, 0) is 52.0 Å². The van der Waals surface area contributed by atoms with Gasteiger partial charge in [0.2, 0.25) is 0 Å². The molecule has 0 amide bonds. The van der Waals surface area contributed by atoms with Crippen LogP contribution in [0, 0.1) is 0 Å². The summed E-state index contributed by atoms with van der Waals surface area (Å²) in [6, 6.07) is 8.43. The number of hydrogen-bond donors (Lipinski definition) is 0. The monoisotopic (exact) mass is 352 g/mol. The molecule has 0 N–H and O–H groups in total. The second-order valence-electron chi connectivity index (χ2n) is 6.12. The third kappa shape index (κ3) is 2.21. The van der Waals surface area contributed by atoms with Gasteiger partial charge in [-0.1, -0.05) is 0 Å². The van der Waals surface area contributed by atoms with Gasteiger partial charge in [0.25, 0.3) is 0 Å². The zero-order valence-electron chi connectivity index (χ0n) is 15.8. The van der Waals surface area contributed by atoms with Crippen LogP contribution >= 0.6 is 0 Å². The maximum absolute atomic E-state index is 5.97. The van der Waals surface area contributed by atoms with Crippen molar-refractivity contribution < 1.29 is 18.9 Å².